The first-order valence-electron chi connectivity index (χ1n) is 6.25. The summed E-state index contributed by atoms with van der Waals surface area (Å²) in [6.07, 6.45) is 0.818. The molecule has 0 radical (unpaired) electrons. The molecule has 2 N–H and O–H groups in total. The zero-order valence-electron chi connectivity index (χ0n) is 12.1. The van der Waals surface area contributed by atoms with Crippen molar-refractivity contribution in [3.05, 3.63) is 0 Å². The molecule has 4 nitrogen and oxygen atoms in total. The van der Waals surface area contributed by atoms with Crippen LogP contribution in [0.15, 0.2) is 0 Å². The molecule has 0 heterocycles. The number of hydrogen-bond donors (Lipinski definition) is 2. The lowest BCUT2D eigenvalue weighted by atomic mass is 9.93. The van der Waals surface area contributed by atoms with E-state index in [0.29, 0.717) is 12.5 Å². The van der Waals surface area contributed by atoms with E-state index in [4.69, 9.17) is 0 Å². The van der Waals surface area contributed by atoms with E-state index in [1.54, 1.807) is 19.0 Å². The molecular weight excluding hydrogens is 216 g/mol. The highest BCUT2D eigenvalue weighted by atomic mass is 16.3. The molecule has 102 valence electrons. The van der Waals surface area contributed by atoms with Crippen LogP contribution in [-0.2, 0) is 4.79 Å². The maximum Gasteiger partial charge on any atom is 0.239 e. The number of amides is 1. The Hall–Kier alpha value is -0.610. The number of likely N-dealkylation sites (N-methyl/N-ethyl adjacent to an activating group) is 1. The molecule has 4 heteroatoms. The fraction of sp³-hybridized carbons (Fsp3) is 0.923. The maximum atomic E-state index is 12.0. The lowest BCUT2D eigenvalue weighted by Crippen LogP contribution is -2.47. The van der Waals surface area contributed by atoms with Crippen molar-refractivity contribution in [1.82, 2.24) is 10.2 Å². The molecule has 0 saturated carbocycles. The van der Waals surface area contributed by atoms with Crippen molar-refractivity contribution in [3.63, 3.8) is 0 Å². The summed E-state index contributed by atoms with van der Waals surface area (Å²) in [5, 5.41) is 12.5. The summed E-state index contributed by atoms with van der Waals surface area (Å²) in [5.74, 6) is 0.570. The third-order valence-corrected chi connectivity index (χ3v) is 2.70. The van der Waals surface area contributed by atoms with Crippen LogP contribution in [0.25, 0.3) is 0 Å². The van der Waals surface area contributed by atoms with Gasteiger partial charge in [-0.1, -0.05) is 27.7 Å². The van der Waals surface area contributed by atoms with E-state index in [1.807, 2.05) is 13.8 Å². The fourth-order valence-electron chi connectivity index (χ4n) is 1.51. The van der Waals surface area contributed by atoms with Gasteiger partial charge >= 0.3 is 0 Å². The molecule has 0 spiro atoms. The lowest BCUT2D eigenvalue weighted by Gasteiger charge is -2.28. The second-order valence-corrected chi connectivity index (χ2v) is 6.12. The smallest absolute Gasteiger partial charge is 0.239 e. The summed E-state index contributed by atoms with van der Waals surface area (Å²) in [7, 11) is 3.54. The van der Waals surface area contributed by atoms with Gasteiger partial charge in [-0.2, -0.15) is 0 Å². The SMILES string of the molecule is CC(C)CC(NCC(C)(C)CO)C(=O)N(C)C. The first kappa shape index (κ1) is 16.4. The van der Waals surface area contributed by atoms with Gasteiger partial charge in [0, 0.05) is 32.7 Å². The minimum absolute atomic E-state index is 0.104. The highest BCUT2D eigenvalue weighted by Crippen LogP contribution is 2.14. The van der Waals surface area contributed by atoms with E-state index in [9.17, 15) is 9.90 Å². The molecule has 0 aliphatic heterocycles. The van der Waals surface area contributed by atoms with E-state index in [2.05, 4.69) is 19.2 Å². The van der Waals surface area contributed by atoms with Gasteiger partial charge in [-0.3, -0.25) is 4.79 Å². The molecule has 1 amide bonds. The molecule has 0 saturated heterocycles. The van der Waals surface area contributed by atoms with Crippen molar-refractivity contribution in [2.75, 3.05) is 27.2 Å². The van der Waals surface area contributed by atoms with Crippen LogP contribution < -0.4 is 5.32 Å². The van der Waals surface area contributed by atoms with Crippen LogP contribution in [0, 0.1) is 11.3 Å². The normalized spacial score (nSPS) is 13.9. The van der Waals surface area contributed by atoms with Gasteiger partial charge in [-0.25, -0.2) is 0 Å². The molecule has 0 aromatic rings. The van der Waals surface area contributed by atoms with Gasteiger partial charge < -0.3 is 15.3 Å². The Kier molecular flexibility index (Phi) is 6.72. The first-order chi connectivity index (χ1) is 7.69. The highest BCUT2D eigenvalue weighted by molar-refractivity contribution is 5.81. The lowest BCUT2D eigenvalue weighted by molar-refractivity contribution is -0.131. The number of nitrogens with one attached hydrogen (secondary N) is 1. The van der Waals surface area contributed by atoms with Crippen molar-refractivity contribution in [2.24, 2.45) is 11.3 Å². The fourth-order valence-corrected chi connectivity index (χ4v) is 1.51. The average Bonchev–Trinajstić information content (AvgIpc) is 2.22. The Labute approximate surface area is 105 Å². The monoisotopic (exact) mass is 244 g/mol. The van der Waals surface area contributed by atoms with Gasteiger partial charge in [0.2, 0.25) is 5.91 Å². The molecule has 0 aromatic heterocycles. The zero-order valence-corrected chi connectivity index (χ0v) is 12.1. The topological polar surface area (TPSA) is 52.6 Å². The van der Waals surface area contributed by atoms with Crippen LogP contribution in [0.4, 0.5) is 0 Å². The zero-order chi connectivity index (χ0) is 13.6. The van der Waals surface area contributed by atoms with Crippen molar-refractivity contribution in [1.29, 1.82) is 0 Å². The van der Waals surface area contributed by atoms with Gasteiger partial charge in [-0.05, 0) is 12.3 Å². The predicted molar refractivity (Wildman–Crippen MR) is 70.8 cm³/mol. The number of carbonyl (C=O) groups excluding carboxylic acids is 1. The summed E-state index contributed by atoms with van der Waals surface area (Å²) in [4.78, 5) is 13.6. The number of aliphatic hydroxyl groups excluding tert-OH is 1. The number of hydrogen-bond acceptors (Lipinski definition) is 3. The van der Waals surface area contributed by atoms with Crippen LogP contribution in [0.5, 0.6) is 0 Å². The second kappa shape index (κ2) is 6.97. The number of aliphatic hydroxyl groups is 1. The van der Waals surface area contributed by atoms with Crippen LogP contribution >= 0.6 is 0 Å². The van der Waals surface area contributed by atoms with Gasteiger partial charge in [0.1, 0.15) is 0 Å². The molecule has 0 rings (SSSR count). The van der Waals surface area contributed by atoms with Crippen molar-refractivity contribution in [3.8, 4) is 0 Å². The Balaban J connectivity index is 4.45. The number of nitrogens with zero attached hydrogens (tertiary/aromatic N) is 1. The Morgan fingerprint density at radius 3 is 2.24 bits per heavy atom. The minimum Gasteiger partial charge on any atom is -0.396 e. The van der Waals surface area contributed by atoms with Gasteiger partial charge in [0.25, 0.3) is 0 Å². The second-order valence-electron chi connectivity index (χ2n) is 6.12. The van der Waals surface area contributed by atoms with Crippen molar-refractivity contribution >= 4 is 5.91 Å². The van der Waals surface area contributed by atoms with E-state index >= 15 is 0 Å². The summed E-state index contributed by atoms with van der Waals surface area (Å²) in [6, 6.07) is -0.157. The molecule has 0 aromatic carbocycles. The average molecular weight is 244 g/mol. The molecule has 1 unspecified atom stereocenters. The molecule has 1 atom stereocenters. The summed E-state index contributed by atoms with van der Waals surface area (Å²) >= 11 is 0. The molecular formula is C13H28N2O2. The van der Waals surface area contributed by atoms with Crippen molar-refractivity contribution in [2.45, 2.75) is 40.2 Å². The maximum absolute atomic E-state index is 12.0. The third kappa shape index (κ3) is 6.64. The molecule has 17 heavy (non-hydrogen) atoms. The van der Waals surface area contributed by atoms with E-state index in [1.165, 1.54) is 0 Å². The van der Waals surface area contributed by atoms with Gasteiger partial charge in [0.15, 0.2) is 0 Å². The van der Waals surface area contributed by atoms with Crippen molar-refractivity contribution < 1.29 is 9.90 Å². The predicted octanol–water partition coefficient (Wildman–Crippen LogP) is 1.10. The summed E-state index contributed by atoms with van der Waals surface area (Å²) in [6.45, 7) is 8.92. The molecule has 0 bridgehead atoms. The largest absolute Gasteiger partial charge is 0.396 e. The molecule has 0 aliphatic rings. The van der Waals surface area contributed by atoms with E-state index in [0.717, 1.165) is 6.42 Å². The minimum atomic E-state index is -0.193. The quantitative estimate of drug-likeness (QED) is 0.705. The third-order valence-electron chi connectivity index (χ3n) is 2.70. The molecule has 0 aliphatic carbocycles. The van der Waals surface area contributed by atoms with Crippen LogP contribution in [-0.4, -0.2) is 49.2 Å². The van der Waals surface area contributed by atoms with Crippen LogP contribution in [0.2, 0.25) is 0 Å². The van der Waals surface area contributed by atoms with Gasteiger partial charge in [0.05, 0.1) is 6.04 Å². The van der Waals surface area contributed by atoms with E-state index in [-0.39, 0.29) is 24.0 Å². The van der Waals surface area contributed by atoms with Crippen LogP contribution in [0.3, 0.4) is 0 Å². The first-order valence-corrected chi connectivity index (χ1v) is 6.25. The summed E-state index contributed by atoms with van der Waals surface area (Å²) in [5.41, 5.74) is -0.193. The highest BCUT2D eigenvalue weighted by Gasteiger charge is 2.24. The number of carbonyl (C=O) groups is 1. The van der Waals surface area contributed by atoms with Crippen LogP contribution in [0.1, 0.15) is 34.1 Å². The van der Waals surface area contributed by atoms with Gasteiger partial charge in [-0.15, -0.1) is 0 Å². The molecule has 0 fully saturated rings. The number of rotatable bonds is 7. The Bertz CT molecular complexity index is 238. The Morgan fingerprint density at radius 2 is 1.88 bits per heavy atom. The standard InChI is InChI=1S/C13H28N2O2/c1-10(2)7-11(12(17)15(5)6)14-8-13(3,4)9-16/h10-11,14,16H,7-9H2,1-6H3. The summed E-state index contributed by atoms with van der Waals surface area (Å²) < 4.78 is 0. The van der Waals surface area contributed by atoms with E-state index < -0.39 is 0 Å². The Morgan fingerprint density at radius 1 is 1.35 bits per heavy atom.